The van der Waals surface area contributed by atoms with E-state index in [2.05, 4.69) is 70.9 Å². The van der Waals surface area contributed by atoms with E-state index in [-0.39, 0.29) is 0 Å². The lowest BCUT2D eigenvalue weighted by Gasteiger charge is -2.61. The van der Waals surface area contributed by atoms with Crippen molar-refractivity contribution in [3.8, 4) is 0 Å². The summed E-state index contributed by atoms with van der Waals surface area (Å²) in [5.41, 5.74) is 1.23. The van der Waals surface area contributed by atoms with E-state index < -0.39 is 11.1 Å². The molecule has 6 heterocycles. The Kier molecular flexibility index (Phi) is 4.48. The summed E-state index contributed by atoms with van der Waals surface area (Å²) in [6, 6.07) is 6.45. The highest BCUT2D eigenvalue weighted by atomic mass is 15.7. The molecule has 2 unspecified atom stereocenters. The number of rotatable bonds is 5. The first-order valence-electron chi connectivity index (χ1n) is 11.2. The molecule has 2 fully saturated rings. The summed E-state index contributed by atoms with van der Waals surface area (Å²) in [4.78, 5) is 14.6. The Balaban J connectivity index is 1.70. The average Bonchev–Trinajstić information content (AvgIpc) is 3.66. The van der Waals surface area contributed by atoms with E-state index in [1.807, 2.05) is 24.8 Å². The standard InChI is InChI=1S/C22H29N9/c1-2-14-29(13-1)21(18-5-3-8-24-18)7-4-15-31(30-16-12-23-17-30)22(21,19-6-9-27-28-19)20-25-10-11-26-20/h1,3,5-6,8-11,13,23-24H,2,4,7,12,14-17H2,(H,25,26)(H,27,28). The van der Waals surface area contributed by atoms with E-state index in [1.165, 1.54) is 5.69 Å². The van der Waals surface area contributed by atoms with Crippen LogP contribution in [-0.2, 0) is 11.1 Å². The minimum absolute atomic E-state index is 0.394. The van der Waals surface area contributed by atoms with E-state index in [9.17, 15) is 0 Å². The predicted octanol–water partition coefficient (Wildman–Crippen LogP) is 1.69. The first-order valence-corrected chi connectivity index (χ1v) is 11.2. The fourth-order valence-electron chi connectivity index (χ4n) is 6.06. The molecule has 0 aromatic carbocycles. The van der Waals surface area contributed by atoms with Crippen LogP contribution >= 0.6 is 0 Å². The molecule has 0 aliphatic carbocycles. The van der Waals surface area contributed by atoms with E-state index in [0.29, 0.717) is 0 Å². The van der Waals surface area contributed by atoms with Crippen LogP contribution in [0.3, 0.4) is 0 Å². The van der Waals surface area contributed by atoms with Crippen LogP contribution < -0.4 is 5.32 Å². The number of imidazole rings is 1. The van der Waals surface area contributed by atoms with Gasteiger partial charge in [0.05, 0.1) is 12.4 Å². The van der Waals surface area contributed by atoms with Gasteiger partial charge in [-0.15, -0.1) is 0 Å². The maximum Gasteiger partial charge on any atom is 0.163 e. The van der Waals surface area contributed by atoms with E-state index >= 15 is 0 Å². The molecule has 31 heavy (non-hydrogen) atoms. The van der Waals surface area contributed by atoms with Gasteiger partial charge in [0.2, 0.25) is 0 Å². The second kappa shape index (κ2) is 7.37. The molecule has 0 bridgehead atoms. The van der Waals surface area contributed by atoms with Gasteiger partial charge in [0.25, 0.3) is 0 Å². The summed E-state index contributed by atoms with van der Waals surface area (Å²) in [6.45, 7) is 4.69. The fraction of sp³-hybridized carbons (Fsp3) is 0.455. The van der Waals surface area contributed by atoms with Gasteiger partial charge in [-0.1, -0.05) is 6.08 Å². The van der Waals surface area contributed by atoms with Crippen LogP contribution in [0.2, 0.25) is 0 Å². The number of hydrogen-bond donors (Lipinski definition) is 4. The molecular formula is C22H29N9. The van der Waals surface area contributed by atoms with Gasteiger partial charge < -0.3 is 20.2 Å². The van der Waals surface area contributed by atoms with Crippen LogP contribution in [0.4, 0.5) is 0 Å². The molecule has 0 amide bonds. The molecule has 3 aromatic heterocycles. The largest absolute Gasteiger partial charge is 0.364 e. The Bertz CT molecular complexity index is 968. The number of aromatic nitrogens is 5. The second-order valence-electron chi connectivity index (χ2n) is 8.54. The maximum absolute atomic E-state index is 4.91. The lowest BCUT2D eigenvalue weighted by Crippen LogP contribution is -2.72. The van der Waals surface area contributed by atoms with Crippen molar-refractivity contribution in [3.05, 3.63) is 72.5 Å². The number of hydrogen-bond acceptors (Lipinski definition) is 6. The Morgan fingerprint density at radius 3 is 2.68 bits per heavy atom. The summed E-state index contributed by atoms with van der Waals surface area (Å²) in [5, 5.41) is 16.3. The molecule has 9 heteroatoms. The molecule has 0 saturated carbocycles. The normalized spacial score (nSPS) is 29.9. The minimum atomic E-state index is -0.614. The Morgan fingerprint density at radius 2 is 2.00 bits per heavy atom. The van der Waals surface area contributed by atoms with Crippen molar-refractivity contribution >= 4 is 0 Å². The number of piperidine rings is 1. The number of H-pyrrole nitrogens is 3. The zero-order valence-corrected chi connectivity index (χ0v) is 17.6. The Labute approximate surface area is 181 Å². The van der Waals surface area contributed by atoms with Crippen molar-refractivity contribution in [2.45, 2.75) is 30.3 Å². The lowest BCUT2D eigenvalue weighted by molar-refractivity contribution is -0.181. The first kappa shape index (κ1) is 18.9. The zero-order chi connectivity index (χ0) is 20.7. The monoisotopic (exact) mass is 419 g/mol. The second-order valence-corrected chi connectivity index (χ2v) is 8.54. The highest BCUT2D eigenvalue weighted by Gasteiger charge is 2.66. The SMILES string of the molecule is C1=CN(C2(c3ccc[nH]3)CCCN(N3CCNC3)C2(c2ccn[nH]2)c2ncc[nH]2)CC1. The van der Waals surface area contributed by atoms with E-state index in [1.54, 1.807) is 0 Å². The summed E-state index contributed by atoms with van der Waals surface area (Å²) in [7, 11) is 0. The van der Waals surface area contributed by atoms with Crippen LogP contribution in [0.5, 0.6) is 0 Å². The Morgan fingerprint density at radius 1 is 1.00 bits per heavy atom. The van der Waals surface area contributed by atoms with Crippen molar-refractivity contribution in [2.75, 3.05) is 32.8 Å². The summed E-state index contributed by atoms with van der Waals surface area (Å²) in [6.07, 6.45) is 15.4. The van der Waals surface area contributed by atoms with Crippen LogP contribution in [0, 0.1) is 0 Å². The van der Waals surface area contributed by atoms with Gasteiger partial charge in [-0.3, -0.25) is 5.10 Å². The molecule has 0 radical (unpaired) electrons. The van der Waals surface area contributed by atoms with Gasteiger partial charge in [-0.25, -0.2) is 15.0 Å². The maximum atomic E-state index is 4.91. The summed E-state index contributed by atoms with van der Waals surface area (Å²) < 4.78 is 0. The molecule has 4 N–H and O–H groups in total. The quantitative estimate of drug-likeness (QED) is 0.503. The average molecular weight is 420 g/mol. The number of nitrogens with one attached hydrogen (secondary N) is 4. The third kappa shape index (κ3) is 2.54. The van der Waals surface area contributed by atoms with Crippen molar-refractivity contribution < 1.29 is 0 Å². The molecule has 2 atom stereocenters. The van der Waals surface area contributed by atoms with Crippen LogP contribution in [0.1, 0.15) is 36.5 Å². The molecule has 162 valence electrons. The van der Waals surface area contributed by atoms with Crippen LogP contribution in [0.15, 0.2) is 55.3 Å². The van der Waals surface area contributed by atoms with E-state index in [0.717, 1.165) is 63.6 Å². The van der Waals surface area contributed by atoms with Gasteiger partial charge in [-0.05, 0) is 43.7 Å². The van der Waals surface area contributed by atoms with Crippen LogP contribution in [-0.4, -0.2) is 72.9 Å². The van der Waals surface area contributed by atoms with Gasteiger partial charge >= 0.3 is 0 Å². The van der Waals surface area contributed by atoms with Gasteiger partial charge in [0, 0.05) is 56.7 Å². The van der Waals surface area contributed by atoms with Gasteiger partial charge in [0.1, 0.15) is 11.4 Å². The highest BCUT2D eigenvalue weighted by Crippen LogP contribution is 2.57. The van der Waals surface area contributed by atoms with Gasteiger partial charge in [-0.2, -0.15) is 5.10 Å². The van der Waals surface area contributed by atoms with Crippen molar-refractivity contribution in [1.82, 2.24) is 45.4 Å². The topological polar surface area (TPSA) is 94.9 Å². The van der Waals surface area contributed by atoms with E-state index in [4.69, 9.17) is 4.98 Å². The molecule has 3 aliphatic heterocycles. The van der Waals surface area contributed by atoms with Crippen molar-refractivity contribution in [2.24, 2.45) is 0 Å². The minimum Gasteiger partial charge on any atom is -0.364 e. The number of nitrogens with zero attached hydrogens (tertiary/aromatic N) is 5. The third-order valence-corrected chi connectivity index (χ3v) is 7.16. The van der Waals surface area contributed by atoms with Crippen LogP contribution in [0.25, 0.3) is 0 Å². The van der Waals surface area contributed by atoms with Crippen molar-refractivity contribution in [1.29, 1.82) is 0 Å². The zero-order valence-electron chi connectivity index (χ0n) is 17.6. The van der Waals surface area contributed by atoms with Crippen molar-refractivity contribution in [3.63, 3.8) is 0 Å². The Hall–Kier alpha value is -2.88. The third-order valence-electron chi connectivity index (χ3n) is 7.16. The smallest absolute Gasteiger partial charge is 0.163 e. The molecule has 0 spiro atoms. The highest BCUT2D eigenvalue weighted by molar-refractivity contribution is 5.41. The summed E-state index contributed by atoms with van der Waals surface area (Å²) in [5.74, 6) is 0.929. The number of hydrazine groups is 1. The molecule has 6 rings (SSSR count). The number of aromatic amines is 3. The predicted molar refractivity (Wildman–Crippen MR) is 116 cm³/mol. The van der Waals surface area contributed by atoms with Gasteiger partial charge in [0.15, 0.2) is 5.54 Å². The molecule has 3 aliphatic rings. The fourth-order valence-corrected chi connectivity index (χ4v) is 6.06. The molecule has 2 saturated heterocycles. The molecule has 9 nitrogen and oxygen atoms in total. The molecule has 3 aromatic rings. The molecular weight excluding hydrogens is 390 g/mol. The first-order chi connectivity index (χ1) is 15.4. The summed E-state index contributed by atoms with van der Waals surface area (Å²) >= 11 is 0. The lowest BCUT2D eigenvalue weighted by atomic mass is 9.65.